The third-order valence-corrected chi connectivity index (χ3v) is 7.57. The average molecular weight is 483 g/mol. The van der Waals surface area contributed by atoms with Crippen molar-refractivity contribution in [2.45, 2.75) is 51.7 Å². The van der Waals surface area contributed by atoms with Crippen molar-refractivity contribution in [3.8, 4) is 0 Å². The molecule has 3 aromatic rings. The second kappa shape index (κ2) is 9.27. The van der Waals surface area contributed by atoms with Crippen LogP contribution in [0.25, 0.3) is 0 Å². The van der Waals surface area contributed by atoms with Crippen molar-refractivity contribution < 1.29 is 9.63 Å². The Morgan fingerprint density at radius 2 is 2.15 bits per heavy atom. The Balaban J connectivity index is 1.17. The van der Waals surface area contributed by atoms with E-state index in [1.165, 1.54) is 0 Å². The number of amides is 1. The normalized spacial score (nSPS) is 18.9. The minimum absolute atomic E-state index is 0.124. The Hall–Kier alpha value is -2.71. The Labute approximate surface area is 202 Å². The van der Waals surface area contributed by atoms with Crippen LogP contribution in [0.3, 0.4) is 0 Å². The van der Waals surface area contributed by atoms with Crippen molar-refractivity contribution in [1.29, 1.82) is 0 Å². The number of carbonyl (C=O) groups is 1. The maximum Gasteiger partial charge on any atom is 0.244 e. The molecule has 1 amide bonds. The lowest BCUT2D eigenvalue weighted by Gasteiger charge is -2.31. The molecule has 5 rings (SSSR count). The summed E-state index contributed by atoms with van der Waals surface area (Å²) in [5.74, 6) is 0.483. The third-order valence-electron chi connectivity index (χ3n) is 6.23. The second-order valence-corrected chi connectivity index (χ2v) is 9.88. The van der Waals surface area contributed by atoms with Crippen LogP contribution in [0.2, 0.25) is 5.02 Å². The molecule has 0 bridgehead atoms. The van der Waals surface area contributed by atoms with E-state index in [0.29, 0.717) is 23.9 Å². The van der Waals surface area contributed by atoms with E-state index in [4.69, 9.17) is 21.4 Å². The van der Waals surface area contributed by atoms with Gasteiger partial charge < -0.3 is 9.74 Å². The fraction of sp³-hybridized carbons (Fsp3) is 0.417. The van der Waals surface area contributed by atoms with Gasteiger partial charge in [0.1, 0.15) is 12.3 Å². The van der Waals surface area contributed by atoms with Crippen molar-refractivity contribution in [2.75, 3.05) is 13.1 Å². The van der Waals surface area contributed by atoms with E-state index in [-0.39, 0.29) is 12.0 Å². The predicted octanol–water partition coefficient (Wildman–Crippen LogP) is 4.68. The molecule has 0 saturated carbocycles. The molecule has 4 heterocycles. The van der Waals surface area contributed by atoms with E-state index in [2.05, 4.69) is 21.7 Å². The van der Waals surface area contributed by atoms with Crippen LogP contribution in [0.4, 0.5) is 0 Å². The van der Waals surface area contributed by atoms with E-state index in [1.807, 2.05) is 43.0 Å². The van der Waals surface area contributed by atoms with Gasteiger partial charge in [0.25, 0.3) is 0 Å². The third kappa shape index (κ3) is 4.68. The number of aromatic nitrogens is 3. The molecule has 171 valence electrons. The number of thiazole rings is 1. The smallest absolute Gasteiger partial charge is 0.244 e. The van der Waals surface area contributed by atoms with Crippen LogP contribution < -0.4 is 0 Å². The number of hydrogen-bond donors (Lipinski definition) is 0. The molecule has 0 aliphatic carbocycles. The van der Waals surface area contributed by atoms with Crippen LogP contribution in [-0.4, -0.2) is 44.4 Å². The summed E-state index contributed by atoms with van der Waals surface area (Å²) >= 11 is 7.94. The van der Waals surface area contributed by atoms with Gasteiger partial charge in [-0.3, -0.25) is 9.48 Å². The van der Waals surface area contributed by atoms with Gasteiger partial charge in [-0.25, -0.2) is 4.98 Å². The Morgan fingerprint density at radius 3 is 2.88 bits per heavy atom. The molecule has 0 spiro atoms. The zero-order chi connectivity index (χ0) is 22.9. The lowest BCUT2D eigenvalue weighted by Crippen LogP contribution is -2.40. The average Bonchev–Trinajstić information content (AvgIpc) is 3.54. The number of benzene rings is 1. The molecule has 33 heavy (non-hydrogen) atoms. The summed E-state index contributed by atoms with van der Waals surface area (Å²) in [6, 6.07) is 10.7. The lowest BCUT2D eigenvalue weighted by atomic mass is 9.97. The van der Waals surface area contributed by atoms with Gasteiger partial charge in [-0.2, -0.15) is 5.10 Å². The fourth-order valence-electron chi connectivity index (χ4n) is 4.41. The van der Waals surface area contributed by atoms with E-state index in [1.54, 1.807) is 16.0 Å². The number of carbonyl (C=O) groups excluding carboxylic acids is 1. The van der Waals surface area contributed by atoms with E-state index >= 15 is 0 Å². The molecule has 0 unspecified atom stereocenters. The summed E-state index contributed by atoms with van der Waals surface area (Å²) in [5, 5.41) is 12.5. The van der Waals surface area contributed by atoms with Crippen molar-refractivity contribution in [2.24, 2.45) is 5.16 Å². The van der Waals surface area contributed by atoms with Gasteiger partial charge in [0.05, 0.1) is 16.4 Å². The molecular weight excluding hydrogens is 458 g/mol. The monoisotopic (exact) mass is 482 g/mol. The minimum atomic E-state index is -0.227. The van der Waals surface area contributed by atoms with Crippen LogP contribution >= 0.6 is 22.9 Å². The Kier molecular flexibility index (Phi) is 6.21. The highest BCUT2D eigenvalue weighted by atomic mass is 35.5. The summed E-state index contributed by atoms with van der Waals surface area (Å²) in [5.41, 5.74) is 4.48. The predicted molar refractivity (Wildman–Crippen MR) is 128 cm³/mol. The van der Waals surface area contributed by atoms with Gasteiger partial charge in [-0.05, 0) is 44.9 Å². The number of halogens is 1. The maximum absolute atomic E-state index is 12.7. The molecule has 9 heteroatoms. The number of aryl methyl sites for hydroxylation is 2. The zero-order valence-corrected chi connectivity index (χ0v) is 20.2. The highest BCUT2D eigenvalue weighted by Crippen LogP contribution is 2.35. The molecule has 1 fully saturated rings. The number of likely N-dealkylation sites (tertiary alicyclic amines) is 1. The van der Waals surface area contributed by atoms with Crippen molar-refractivity contribution in [3.05, 3.63) is 68.4 Å². The van der Waals surface area contributed by atoms with Crippen molar-refractivity contribution in [3.63, 3.8) is 0 Å². The summed E-state index contributed by atoms with van der Waals surface area (Å²) in [4.78, 5) is 25.2. The molecule has 2 aliphatic rings. The van der Waals surface area contributed by atoms with Crippen LogP contribution in [0, 0.1) is 19.9 Å². The molecule has 1 aromatic carbocycles. The number of nitrogens with zero attached hydrogens (tertiary/aromatic N) is 5. The van der Waals surface area contributed by atoms with Crippen molar-refractivity contribution in [1.82, 2.24) is 19.7 Å². The largest absolute Gasteiger partial charge is 0.387 e. The number of rotatable bonds is 5. The second-order valence-electron chi connectivity index (χ2n) is 8.58. The molecule has 1 saturated heterocycles. The first-order valence-electron chi connectivity index (χ1n) is 11.1. The van der Waals surface area contributed by atoms with Gasteiger partial charge in [0.2, 0.25) is 5.91 Å². The number of oxime groups is 1. The van der Waals surface area contributed by atoms with Gasteiger partial charge in [0, 0.05) is 47.1 Å². The molecule has 0 N–H and O–H groups in total. The van der Waals surface area contributed by atoms with Gasteiger partial charge >= 0.3 is 0 Å². The maximum atomic E-state index is 12.7. The van der Waals surface area contributed by atoms with Crippen LogP contribution in [0.15, 0.2) is 34.8 Å². The van der Waals surface area contributed by atoms with E-state index in [9.17, 15) is 4.79 Å². The molecule has 7 nitrogen and oxygen atoms in total. The standard InChI is InChI=1S/C24H25ClN5O2S/c1-15-11-16(2)30(27-15)13-23(31)29-9-7-17(8-10-29)24-26-21(14-33-24)20-12-22(32-28-20)18-5-3-4-6-19(18)25/h3-4,6,11,14,17,22H,7-10,12-13H2,1-2H3/t22-/m0/s1. The molecule has 1 atom stereocenters. The zero-order valence-electron chi connectivity index (χ0n) is 18.6. The number of piperidine rings is 1. The van der Waals surface area contributed by atoms with E-state index < -0.39 is 0 Å². The first-order chi connectivity index (χ1) is 16.0. The highest BCUT2D eigenvalue weighted by molar-refractivity contribution is 7.10. The molecular formula is C24H25ClN5O2S. The summed E-state index contributed by atoms with van der Waals surface area (Å²) in [6.07, 6.45) is 2.23. The SMILES string of the molecule is Cc1cc(C)n(CC(=O)N2CCC(c3nc(C4=NO[C@H](c5[c]cccc5Cl)C4)cs3)CC2)n1. The summed E-state index contributed by atoms with van der Waals surface area (Å²) in [6.45, 7) is 5.71. The van der Waals surface area contributed by atoms with Gasteiger partial charge in [-0.15, -0.1) is 11.3 Å². The van der Waals surface area contributed by atoms with Gasteiger partial charge in [0.15, 0.2) is 6.10 Å². The Morgan fingerprint density at radius 1 is 1.33 bits per heavy atom. The minimum Gasteiger partial charge on any atom is -0.387 e. The summed E-state index contributed by atoms with van der Waals surface area (Å²) < 4.78 is 1.79. The molecule has 1 radical (unpaired) electrons. The van der Waals surface area contributed by atoms with Crippen molar-refractivity contribution >= 4 is 34.6 Å². The quantitative estimate of drug-likeness (QED) is 0.529. The first kappa shape index (κ1) is 22.1. The highest BCUT2D eigenvalue weighted by Gasteiger charge is 2.29. The van der Waals surface area contributed by atoms with Crippen LogP contribution in [0.1, 0.15) is 58.9 Å². The first-order valence-corrected chi connectivity index (χ1v) is 12.4. The lowest BCUT2D eigenvalue weighted by molar-refractivity contribution is -0.133. The number of hydrogen-bond acceptors (Lipinski definition) is 6. The molecule has 2 aliphatic heterocycles. The van der Waals surface area contributed by atoms with E-state index in [0.717, 1.165) is 59.3 Å². The topological polar surface area (TPSA) is 72.6 Å². The Bertz CT molecular complexity index is 1200. The fourth-order valence-corrected chi connectivity index (χ4v) is 5.66. The summed E-state index contributed by atoms with van der Waals surface area (Å²) in [7, 11) is 0. The van der Waals surface area contributed by atoms with Crippen LogP contribution in [-0.2, 0) is 16.2 Å². The molecule has 2 aromatic heterocycles. The van der Waals surface area contributed by atoms with Gasteiger partial charge in [-0.1, -0.05) is 28.9 Å². The van der Waals surface area contributed by atoms with Crippen LogP contribution in [0.5, 0.6) is 0 Å².